The monoisotopic (exact) mass is 478 g/mol. The number of carbonyl (C=O) groups is 3. The van der Waals surface area contributed by atoms with Crippen LogP contribution in [0.4, 0.5) is 10.1 Å². The molecule has 4 rings (SSSR count). The van der Waals surface area contributed by atoms with Crippen molar-refractivity contribution < 1.29 is 18.8 Å². The van der Waals surface area contributed by atoms with Gasteiger partial charge in [-0.05, 0) is 59.5 Å². The summed E-state index contributed by atoms with van der Waals surface area (Å²) in [4.78, 5) is 42.3. The summed E-state index contributed by atoms with van der Waals surface area (Å²) in [5.41, 5.74) is 2.41. The third-order valence-corrected chi connectivity index (χ3v) is 6.34. The fourth-order valence-electron chi connectivity index (χ4n) is 4.03. The molecule has 0 aromatic heterocycles. The van der Waals surface area contributed by atoms with Crippen molar-refractivity contribution in [1.29, 1.82) is 0 Å². The third kappa shape index (κ3) is 4.73. The molecule has 1 heterocycles. The minimum atomic E-state index is -1.01. The number of hydrogen-bond donors (Lipinski definition) is 0. The zero-order chi connectivity index (χ0) is 24.4. The molecule has 5 nitrogen and oxygen atoms in total. The van der Waals surface area contributed by atoms with Crippen LogP contribution in [-0.4, -0.2) is 28.7 Å². The highest BCUT2D eigenvalue weighted by molar-refractivity contribution is 6.31. The number of amides is 3. The maximum atomic E-state index is 13.5. The van der Waals surface area contributed by atoms with E-state index in [0.717, 1.165) is 10.5 Å². The lowest BCUT2D eigenvalue weighted by Crippen LogP contribution is -2.45. The van der Waals surface area contributed by atoms with Crippen LogP contribution in [-0.2, 0) is 16.1 Å². The smallest absolute Gasteiger partial charge is 0.257 e. The first-order valence-electron chi connectivity index (χ1n) is 11.0. The van der Waals surface area contributed by atoms with Crippen molar-refractivity contribution in [1.82, 2.24) is 4.90 Å². The first kappa shape index (κ1) is 23.6. The number of benzene rings is 3. The number of imide groups is 1. The van der Waals surface area contributed by atoms with E-state index in [1.54, 1.807) is 36.4 Å². The van der Waals surface area contributed by atoms with Gasteiger partial charge in [-0.25, -0.2) is 9.29 Å². The summed E-state index contributed by atoms with van der Waals surface area (Å²) < 4.78 is 13.4. The van der Waals surface area contributed by atoms with E-state index in [1.807, 2.05) is 12.1 Å². The molecule has 34 heavy (non-hydrogen) atoms. The number of nitrogens with zero attached hydrogens (tertiary/aromatic N) is 2. The first-order valence-corrected chi connectivity index (χ1v) is 11.4. The van der Waals surface area contributed by atoms with E-state index in [1.165, 1.54) is 29.2 Å². The predicted molar refractivity (Wildman–Crippen MR) is 129 cm³/mol. The Morgan fingerprint density at radius 3 is 2.29 bits per heavy atom. The highest BCUT2D eigenvalue weighted by Gasteiger charge is 2.44. The topological polar surface area (TPSA) is 57.7 Å². The number of anilines is 1. The minimum absolute atomic E-state index is 0.0275. The van der Waals surface area contributed by atoms with Crippen LogP contribution in [0.5, 0.6) is 0 Å². The van der Waals surface area contributed by atoms with Crippen LogP contribution >= 0.6 is 11.6 Å². The highest BCUT2D eigenvalue weighted by atomic mass is 35.5. The van der Waals surface area contributed by atoms with E-state index in [2.05, 4.69) is 13.8 Å². The lowest BCUT2D eigenvalue weighted by Gasteiger charge is -2.28. The normalized spacial score (nSPS) is 15.8. The standard InChI is InChI=1S/C27H24ClFN2O3/c1-17(2)18-9-13-22(14-10-18)31-25(32)15-24(27(31)34)30(16-20-5-3-4-6-23(20)28)26(33)19-7-11-21(29)12-8-19/h3-14,17,24H,15-16H2,1-2H3. The molecule has 1 aliphatic rings. The van der Waals surface area contributed by atoms with E-state index in [0.29, 0.717) is 22.2 Å². The van der Waals surface area contributed by atoms with Crippen molar-refractivity contribution in [2.75, 3.05) is 4.90 Å². The van der Waals surface area contributed by atoms with Gasteiger partial charge < -0.3 is 4.90 Å². The molecule has 1 aliphatic heterocycles. The van der Waals surface area contributed by atoms with Gasteiger partial charge in [0.05, 0.1) is 12.1 Å². The van der Waals surface area contributed by atoms with Gasteiger partial charge in [0.15, 0.2) is 0 Å². The predicted octanol–water partition coefficient (Wildman–Crippen LogP) is 5.58. The molecular weight excluding hydrogens is 455 g/mol. The molecule has 174 valence electrons. The Labute approximate surface area is 202 Å². The molecule has 3 aromatic carbocycles. The van der Waals surface area contributed by atoms with Gasteiger partial charge in [-0.3, -0.25) is 14.4 Å². The van der Waals surface area contributed by atoms with Gasteiger partial charge in [-0.2, -0.15) is 0 Å². The Balaban J connectivity index is 1.68. The largest absolute Gasteiger partial charge is 0.322 e. The second-order valence-electron chi connectivity index (χ2n) is 8.56. The summed E-state index contributed by atoms with van der Waals surface area (Å²) in [7, 11) is 0. The van der Waals surface area contributed by atoms with Crippen LogP contribution in [0.25, 0.3) is 0 Å². The molecule has 0 aliphatic carbocycles. The Kier molecular flexibility index (Phi) is 6.80. The maximum Gasteiger partial charge on any atom is 0.257 e. The van der Waals surface area contributed by atoms with E-state index >= 15 is 0 Å². The summed E-state index contributed by atoms with van der Waals surface area (Å²) in [6.45, 7) is 4.15. The molecule has 3 aromatic rings. The SMILES string of the molecule is CC(C)c1ccc(N2C(=O)CC(N(Cc3ccccc3Cl)C(=O)c3ccc(F)cc3)C2=O)cc1. The third-order valence-electron chi connectivity index (χ3n) is 5.97. The zero-order valence-electron chi connectivity index (χ0n) is 18.9. The highest BCUT2D eigenvalue weighted by Crippen LogP contribution is 2.30. The summed E-state index contributed by atoms with van der Waals surface area (Å²) in [5.74, 6) is -1.51. The van der Waals surface area contributed by atoms with E-state index < -0.39 is 23.7 Å². The lowest BCUT2D eigenvalue weighted by atomic mass is 10.0. The second-order valence-corrected chi connectivity index (χ2v) is 8.97. The van der Waals surface area contributed by atoms with Gasteiger partial charge in [0.2, 0.25) is 5.91 Å². The van der Waals surface area contributed by atoms with Crippen molar-refractivity contribution >= 4 is 35.0 Å². The average molecular weight is 479 g/mol. The molecule has 7 heteroatoms. The van der Waals surface area contributed by atoms with Crippen LogP contribution in [0.15, 0.2) is 72.8 Å². The summed E-state index contributed by atoms with van der Waals surface area (Å²) in [6, 6.07) is 18.4. The molecule has 0 saturated carbocycles. The summed E-state index contributed by atoms with van der Waals surface area (Å²) in [6.07, 6.45) is -0.151. The van der Waals surface area contributed by atoms with Crippen LogP contribution in [0, 0.1) is 5.82 Å². The van der Waals surface area contributed by atoms with Crippen molar-refractivity contribution in [2.24, 2.45) is 0 Å². The van der Waals surface area contributed by atoms with Crippen LogP contribution in [0.2, 0.25) is 5.02 Å². The average Bonchev–Trinajstić information content (AvgIpc) is 3.12. The van der Waals surface area contributed by atoms with Gasteiger partial charge in [0.25, 0.3) is 11.8 Å². The first-order chi connectivity index (χ1) is 16.3. The quantitative estimate of drug-likeness (QED) is 0.435. The van der Waals surface area contributed by atoms with E-state index in [9.17, 15) is 18.8 Å². The number of hydrogen-bond acceptors (Lipinski definition) is 3. The van der Waals surface area contributed by atoms with Crippen molar-refractivity contribution in [3.63, 3.8) is 0 Å². The number of carbonyl (C=O) groups excluding carboxylic acids is 3. The fourth-order valence-corrected chi connectivity index (χ4v) is 4.23. The Bertz CT molecular complexity index is 1230. The van der Waals surface area contributed by atoms with Crippen molar-refractivity contribution in [3.8, 4) is 0 Å². The number of rotatable bonds is 6. The Hall–Kier alpha value is -3.51. The molecule has 0 bridgehead atoms. The second kappa shape index (κ2) is 9.77. The summed E-state index contributed by atoms with van der Waals surface area (Å²) >= 11 is 6.33. The molecule has 1 atom stereocenters. The Morgan fingerprint density at radius 2 is 1.68 bits per heavy atom. The van der Waals surface area contributed by atoms with Crippen molar-refractivity contribution in [2.45, 2.75) is 38.8 Å². The van der Waals surface area contributed by atoms with Crippen LogP contribution < -0.4 is 4.90 Å². The van der Waals surface area contributed by atoms with Gasteiger partial charge in [-0.15, -0.1) is 0 Å². The van der Waals surface area contributed by atoms with E-state index in [4.69, 9.17) is 11.6 Å². The molecule has 0 spiro atoms. The van der Waals surface area contributed by atoms with Crippen LogP contribution in [0.1, 0.15) is 47.7 Å². The van der Waals surface area contributed by atoms with E-state index in [-0.39, 0.29) is 24.4 Å². The van der Waals surface area contributed by atoms with Gasteiger partial charge in [-0.1, -0.05) is 55.8 Å². The molecule has 1 unspecified atom stereocenters. The molecular formula is C27H24ClFN2O3. The van der Waals surface area contributed by atoms with Gasteiger partial charge >= 0.3 is 0 Å². The minimum Gasteiger partial charge on any atom is -0.322 e. The number of halogens is 2. The maximum absolute atomic E-state index is 13.5. The van der Waals surface area contributed by atoms with Crippen molar-refractivity contribution in [3.05, 3.63) is 100 Å². The van der Waals surface area contributed by atoms with Gasteiger partial charge in [0.1, 0.15) is 11.9 Å². The Morgan fingerprint density at radius 1 is 1.03 bits per heavy atom. The summed E-state index contributed by atoms with van der Waals surface area (Å²) in [5, 5.41) is 0.442. The van der Waals surface area contributed by atoms with Crippen LogP contribution in [0.3, 0.4) is 0 Å². The molecule has 1 fully saturated rings. The molecule has 0 radical (unpaired) electrons. The van der Waals surface area contributed by atoms with Gasteiger partial charge in [0, 0.05) is 17.1 Å². The lowest BCUT2D eigenvalue weighted by molar-refractivity contribution is -0.122. The zero-order valence-corrected chi connectivity index (χ0v) is 19.6. The molecule has 1 saturated heterocycles. The fraction of sp³-hybridized carbons (Fsp3) is 0.222. The molecule has 3 amide bonds. The molecule has 0 N–H and O–H groups in total.